The van der Waals surface area contributed by atoms with Crippen molar-refractivity contribution >= 4 is 23.4 Å². The van der Waals surface area contributed by atoms with Crippen molar-refractivity contribution < 1.29 is 4.79 Å². The molecule has 1 fully saturated rings. The van der Waals surface area contributed by atoms with Crippen LogP contribution in [0, 0.1) is 5.92 Å². The summed E-state index contributed by atoms with van der Waals surface area (Å²) >= 11 is 1.64. The van der Waals surface area contributed by atoms with Crippen LogP contribution in [0.2, 0.25) is 0 Å². The van der Waals surface area contributed by atoms with E-state index in [2.05, 4.69) is 15.7 Å². The quantitative estimate of drug-likeness (QED) is 0.848. The lowest BCUT2D eigenvalue weighted by molar-refractivity contribution is -0.119. The highest BCUT2D eigenvalue weighted by atomic mass is 32.2. The molecule has 22 heavy (non-hydrogen) atoms. The zero-order valence-electron chi connectivity index (χ0n) is 12.7. The minimum atomic E-state index is -0.0703. The van der Waals surface area contributed by atoms with E-state index in [1.165, 1.54) is 0 Å². The second-order valence-electron chi connectivity index (χ2n) is 5.51. The Morgan fingerprint density at radius 2 is 2.23 bits per heavy atom. The van der Waals surface area contributed by atoms with Crippen LogP contribution >= 0.6 is 11.8 Å². The zero-order valence-corrected chi connectivity index (χ0v) is 13.6. The molecule has 1 aromatic carbocycles. The summed E-state index contributed by atoms with van der Waals surface area (Å²) in [6.07, 6.45) is 5.86. The normalized spacial score (nSPS) is 21.0. The van der Waals surface area contributed by atoms with E-state index in [1.54, 1.807) is 16.4 Å². The molecule has 0 spiro atoms. The Bertz CT molecular complexity index is 670. The van der Waals surface area contributed by atoms with Crippen LogP contribution in [0.1, 0.15) is 11.5 Å². The first-order valence-corrected chi connectivity index (χ1v) is 8.54. The molecule has 1 amide bonds. The van der Waals surface area contributed by atoms with Crippen LogP contribution in [0.25, 0.3) is 0 Å². The van der Waals surface area contributed by atoms with Crippen molar-refractivity contribution in [2.24, 2.45) is 13.0 Å². The molecule has 0 radical (unpaired) electrons. The van der Waals surface area contributed by atoms with E-state index >= 15 is 0 Å². The fourth-order valence-electron chi connectivity index (χ4n) is 2.91. The van der Waals surface area contributed by atoms with Crippen molar-refractivity contribution in [3.05, 3.63) is 42.2 Å². The largest absolute Gasteiger partial charge is 0.325 e. The van der Waals surface area contributed by atoms with Crippen molar-refractivity contribution in [1.29, 1.82) is 0 Å². The lowest BCUT2D eigenvalue weighted by atomic mass is 9.90. The number of anilines is 1. The van der Waals surface area contributed by atoms with Gasteiger partial charge < -0.3 is 10.6 Å². The SMILES string of the molecule is CSc1ccccc1NC(=O)[C@H]1CNC[C@@H]1c1cnn(C)c1. The van der Waals surface area contributed by atoms with Crippen molar-refractivity contribution in [2.75, 3.05) is 24.7 Å². The van der Waals surface area contributed by atoms with E-state index in [-0.39, 0.29) is 17.7 Å². The first-order chi connectivity index (χ1) is 10.7. The predicted molar refractivity (Wildman–Crippen MR) is 89.2 cm³/mol. The fraction of sp³-hybridized carbons (Fsp3) is 0.375. The van der Waals surface area contributed by atoms with Gasteiger partial charge in [-0.25, -0.2) is 0 Å². The Labute approximate surface area is 134 Å². The Kier molecular flexibility index (Phi) is 4.49. The number of hydrogen-bond donors (Lipinski definition) is 2. The third-order valence-corrected chi connectivity index (χ3v) is 4.86. The highest BCUT2D eigenvalue weighted by Crippen LogP contribution is 2.30. The third-order valence-electron chi connectivity index (χ3n) is 4.07. The Morgan fingerprint density at radius 3 is 2.95 bits per heavy atom. The average Bonchev–Trinajstić information content (AvgIpc) is 3.16. The summed E-state index contributed by atoms with van der Waals surface area (Å²) in [7, 11) is 1.90. The first kappa shape index (κ1) is 15.1. The molecule has 2 heterocycles. The van der Waals surface area contributed by atoms with Crippen molar-refractivity contribution in [2.45, 2.75) is 10.8 Å². The number of carbonyl (C=O) groups excluding carboxylic acids is 1. The molecule has 2 atom stereocenters. The van der Waals surface area contributed by atoms with Crippen LogP contribution in [0.3, 0.4) is 0 Å². The van der Waals surface area contributed by atoms with Gasteiger partial charge >= 0.3 is 0 Å². The molecule has 0 saturated carbocycles. The molecule has 2 aromatic rings. The fourth-order valence-corrected chi connectivity index (χ4v) is 3.46. The molecule has 1 saturated heterocycles. The van der Waals surface area contributed by atoms with Crippen LogP contribution in [-0.2, 0) is 11.8 Å². The minimum Gasteiger partial charge on any atom is -0.325 e. The number of benzene rings is 1. The van der Waals surface area contributed by atoms with E-state index < -0.39 is 0 Å². The summed E-state index contributed by atoms with van der Waals surface area (Å²) in [5.74, 6) is 0.176. The lowest BCUT2D eigenvalue weighted by Gasteiger charge is -2.18. The van der Waals surface area contributed by atoms with Gasteiger partial charge in [0.2, 0.25) is 5.91 Å². The number of carbonyl (C=O) groups is 1. The van der Waals surface area contributed by atoms with Crippen LogP contribution < -0.4 is 10.6 Å². The number of nitrogens with one attached hydrogen (secondary N) is 2. The van der Waals surface area contributed by atoms with Gasteiger partial charge in [-0.1, -0.05) is 12.1 Å². The van der Waals surface area contributed by atoms with Crippen molar-refractivity contribution in [1.82, 2.24) is 15.1 Å². The molecule has 6 heteroatoms. The zero-order chi connectivity index (χ0) is 15.5. The predicted octanol–water partition coefficient (Wildman–Crippen LogP) is 2.08. The molecule has 3 rings (SSSR count). The summed E-state index contributed by atoms with van der Waals surface area (Å²) in [6.45, 7) is 1.51. The number of thioether (sulfide) groups is 1. The van der Waals surface area contributed by atoms with Gasteiger partial charge in [-0.3, -0.25) is 9.48 Å². The monoisotopic (exact) mass is 316 g/mol. The minimum absolute atomic E-state index is 0.0698. The summed E-state index contributed by atoms with van der Waals surface area (Å²) < 4.78 is 1.78. The van der Waals surface area contributed by atoms with Crippen molar-refractivity contribution in [3.8, 4) is 0 Å². The molecule has 5 nitrogen and oxygen atoms in total. The van der Waals surface area contributed by atoms with Crippen LogP contribution in [0.5, 0.6) is 0 Å². The van der Waals surface area contributed by atoms with Gasteiger partial charge in [-0.05, 0) is 24.0 Å². The van der Waals surface area contributed by atoms with Gasteiger partial charge in [-0.2, -0.15) is 5.10 Å². The molecule has 0 bridgehead atoms. The molecule has 0 aliphatic carbocycles. The molecule has 1 aliphatic heterocycles. The Hall–Kier alpha value is -1.79. The van der Waals surface area contributed by atoms with Gasteiger partial charge in [0.25, 0.3) is 0 Å². The first-order valence-electron chi connectivity index (χ1n) is 7.32. The summed E-state index contributed by atoms with van der Waals surface area (Å²) in [6, 6.07) is 7.90. The summed E-state index contributed by atoms with van der Waals surface area (Å²) in [4.78, 5) is 13.8. The van der Waals surface area contributed by atoms with E-state index in [9.17, 15) is 4.79 Å². The third kappa shape index (κ3) is 3.03. The highest BCUT2D eigenvalue weighted by Gasteiger charge is 2.34. The number of amides is 1. The maximum Gasteiger partial charge on any atom is 0.229 e. The number of hydrogen-bond acceptors (Lipinski definition) is 4. The maximum atomic E-state index is 12.7. The standard InChI is InChI=1S/C16H20N4OS/c1-20-10-11(7-18-20)12-8-17-9-13(12)16(21)19-14-5-3-4-6-15(14)22-2/h3-7,10,12-13,17H,8-9H2,1-2H3,(H,19,21)/t12-,13+/m1/s1. The lowest BCUT2D eigenvalue weighted by Crippen LogP contribution is -2.28. The number of para-hydroxylation sites is 1. The van der Waals surface area contributed by atoms with Gasteiger partial charge in [0.05, 0.1) is 17.8 Å². The van der Waals surface area contributed by atoms with Gasteiger partial charge in [0.15, 0.2) is 0 Å². The Morgan fingerprint density at radius 1 is 1.41 bits per heavy atom. The number of rotatable bonds is 4. The molecule has 0 unspecified atom stereocenters. The average molecular weight is 316 g/mol. The second kappa shape index (κ2) is 6.54. The molecule has 116 valence electrons. The molecule has 2 N–H and O–H groups in total. The van der Waals surface area contributed by atoms with Crippen LogP contribution in [0.4, 0.5) is 5.69 Å². The van der Waals surface area contributed by atoms with E-state index in [0.717, 1.165) is 22.7 Å². The maximum absolute atomic E-state index is 12.7. The van der Waals surface area contributed by atoms with E-state index in [0.29, 0.717) is 6.54 Å². The number of aromatic nitrogens is 2. The van der Waals surface area contributed by atoms with E-state index in [4.69, 9.17) is 0 Å². The summed E-state index contributed by atoms with van der Waals surface area (Å²) in [5.41, 5.74) is 2.00. The van der Waals surface area contributed by atoms with Gasteiger partial charge in [0.1, 0.15) is 0 Å². The molecular formula is C16H20N4OS. The van der Waals surface area contributed by atoms with Crippen molar-refractivity contribution in [3.63, 3.8) is 0 Å². The highest BCUT2D eigenvalue weighted by molar-refractivity contribution is 7.98. The van der Waals surface area contributed by atoms with E-state index in [1.807, 2.05) is 50.0 Å². The molecular weight excluding hydrogens is 296 g/mol. The topological polar surface area (TPSA) is 59.0 Å². The van der Waals surface area contributed by atoms with Gasteiger partial charge in [-0.15, -0.1) is 11.8 Å². The van der Waals surface area contributed by atoms with Crippen LogP contribution in [0.15, 0.2) is 41.6 Å². The van der Waals surface area contributed by atoms with Gasteiger partial charge in [0, 0.05) is 37.1 Å². The number of nitrogens with zero attached hydrogens (tertiary/aromatic N) is 2. The number of aryl methyl sites for hydroxylation is 1. The molecule has 1 aromatic heterocycles. The summed E-state index contributed by atoms with van der Waals surface area (Å²) in [5, 5.41) is 10.6. The molecule has 1 aliphatic rings. The smallest absolute Gasteiger partial charge is 0.229 e. The Balaban J connectivity index is 1.76. The van der Waals surface area contributed by atoms with Crippen LogP contribution in [-0.4, -0.2) is 35.0 Å². The second-order valence-corrected chi connectivity index (χ2v) is 6.36.